The van der Waals surface area contributed by atoms with Crippen LogP contribution in [0.5, 0.6) is 0 Å². The van der Waals surface area contributed by atoms with Gasteiger partial charge in [0.25, 0.3) is 5.91 Å². The molecule has 0 saturated carbocycles. The molecule has 100 valence electrons. The summed E-state index contributed by atoms with van der Waals surface area (Å²) in [6, 6.07) is 1.81. The Hall–Kier alpha value is -1.40. The van der Waals surface area contributed by atoms with Crippen LogP contribution < -0.4 is 0 Å². The van der Waals surface area contributed by atoms with Crippen molar-refractivity contribution in [2.24, 2.45) is 0 Å². The van der Waals surface area contributed by atoms with Crippen LogP contribution in [-0.2, 0) is 13.1 Å². The van der Waals surface area contributed by atoms with E-state index in [1.165, 1.54) is 4.90 Å². The molecular formula is C12H20N4O2. The van der Waals surface area contributed by atoms with Crippen LogP contribution in [0.3, 0.4) is 0 Å². The SMILES string of the molecule is CN1Cc2cc(C(=O)N(C)C)nn2CC(C)(O)C1. The Bertz CT molecular complexity index is 465. The van der Waals surface area contributed by atoms with E-state index in [1.807, 2.05) is 11.9 Å². The summed E-state index contributed by atoms with van der Waals surface area (Å²) in [5.74, 6) is -0.113. The summed E-state index contributed by atoms with van der Waals surface area (Å²) >= 11 is 0. The van der Waals surface area contributed by atoms with Gasteiger partial charge in [0.1, 0.15) is 0 Å². The number of aliphatic hydroxyl groups is 1. The Morgan fingerprint density at radius 1 is 1.50 bits per heavy atom. The zero-order valence-corrected chi connectivity index (χ0v) is 11.3. The van der Waals surface area contributed by atoms with E-state index in [9.17, 15) is 9.90 Å². The number of rotatable bonds is 1. The second-order valence-corrected chi connectivity index (χ2v) is 5.55. The van der Waals surface area contributed by atoms with Gasteiger partial charge in [-0.15, -0.1) is 0 Å². The molecule has 0 fully saturated rings. The van der Waals surface area contributed by atoms with Gasteiger partial charge in [-0.2, -0.15) is 5.10 Å². The van der Waals surface area contributed by atoms with E-state index in [0.717, 1.165) is 5.69 Å². The van der Waals surface area contributed by atoms with E-state index in [2.05, 4.69) is 5.10 Å². The number of nitrogens with zero attached hydrogens (tertiary/aromatic N) is 4. The highest BCUT2D eigenvalue weighted by Gasteiger charge is 2.29. The van der Waals surface area contributed by atoms with Gasteiger partial charge >= 0.3 is 0 Å². The van der Waals surface area contributed by atoms with E-state index >= 15 is 0 Å². The van der Waals surface area contributed by atoms with Crippen molar-refractivity contribution in [1.82, 2.24) is 19.6 Å². The topological polar surface area (TPSA) is 61.6 Å². The van der Waals surface area contributed by atoms with Gasteiger partial charge in [0.15, 0.2) is 5.69 Å². The molecule has 1 aliphatic rings. The van der Waals surface area contributed by atoms with Crippen molar-refractivity contribution in [2.45, 2.75) is 25.6 Å². The molecule has 0 bridgehead atoms. The normalized spacial score (nSPS) is 24.5. The lowest BCUT2D eigenvalue weighted by molar-refractivity contribution is 0.0165. The fourth-order valence-corrected chi connectivity index (χ4v) is 2.34. The summed E-state index contributed by atoms with van der Waals surface area (Å²) in [5, 5.41) is 14.5. The van der Waals surface area contributed by atoms with Crippen LogP contribution in [0.1, 0.15) is 23.1 Å². The third-order valence-electron chi connectivity index (χ3n) is 3.02. The second kappa shape index (κ2) is 4.37. The van der Waals surface area contributed by atoms with Crippen LogP contribution in [-0.4, -0.2) is 63.9 Å². The van der Waals surface area contributed by atoms with Gasteiger partial charge < -0.3 is 10.0 Å². The molecule has 1 unspecified atom stereocenters. The van der Waals surface area contributed by atoms with Crippen molar-refractivity contribution in [3.8, 4) is 0 Å². The largest absolute Gasteiger partial charge is 0.387 e. The summed E-state index contributed by atoms with van der Waals surface area (Å²) in [5.41, 5.74) is 0.561. The molecule has 6 nitrogen and oxygen atoms in total. The van der Waals surface area contributed by atoms with E-state index < -0.39 is 5.60 Å². The van der Waals surface area contributed by atoms with Crippen molar-refractivity contribution in [3.05, 3.63) is 17.5 Å². The predicted octanol–water partition coefficient (Wildman–Crippen LogP) is -0.219. The van der Waals surface area contributed by atoms with Crippen LogP contribution >= 0.6 is 0 Å². The average Bonchev–Trinajstić information content (AvgIpc) is 2.53. The fourth-order valence-electron chi connectivity index (χ4n) is 2.34. The molecule has 1 atom stereocenters. The number of likely N-dealkylation sites (N-methyl/N-ethyl adjacent to an activating group) is 1. The molecule has 0 aliphatic carbocycles. The number of carbonyl (C=O) groups is 1. The number of hydrogen-bond acceptors (Lipinski definition) is 4. The van der Waals surface area contributed by atoms with Crippen LogP contribution in [0.4, 0.5) is 0 Å². The quantitative estimate of drug-likeness (QED) is 0.751. The zero-order chi connectivity index (χ0) is 13.5. The van der Waals surface area contributed by atoms with Gasteiger partial charge in [0.2, 0.25) is 0 Å². The minimum absolute atomic E-state index is 0.113. The highest BCUT2D eigenvalue weighted by Crippen LogP contribution is 2.19. The van der Waals surface area contributed by atoms with Gasteiger partial charge in [-0.1, -0.05) is 0 Å². The fraction of sp³-hybridized carbons (Fsp3) is 0.667. The molecule has 6 heteroatoms. The number of aromatic nitrogens is 2. The van der Waals surface area contributed by atoms with Crippen molar-refractivity contribution >= 4 is 5.91 Å². The number of hydrogen-bond donors (Lipinski definition) is 1. The highest BCUT2D eigenvalue weighted by molar-refractivity contribution is 5.92. The minimum Gasteiger partial charge on any atom is -0.387 e. The summed E-state index contributed by atoms with van der Waals surface area (Å²) in [6.45, 7) is 3.47. The maximum atomic E-state index is 11.9. The Morgan fingerprint density at radius 3 is 2.78 bits per heavy atom. The molecule has 0 spiro atoms. The van der Waals surface area contributed by atoms with Crippen LogP contribution in [0.15, 0.2) is 6.07 Å². The molecule has 0 saturated heterocycles. The smallest absolute Gasteiger partial charge is 0.273 e. The zero-order valence-electron chi connectivity index (χ0n) is 11.3. The van der Waals surface area contributed by atoms with Crippen LogP contribution in [0.25, 0.3) is 0 Å². The lowest BCUT2D eigenvalue weighted by Gasteiger charge is -2.24. The standard InChI is InChI=1S/C12H20N4O2/c1-12(18)7-15(4)6-9-5-10(11(17)14(2)3)13-16(9)8-12/h5,18H,6-8H2,1-4H3. The Morgan fingerprint density at radius 2 is 2.17 bits per heavy atom. The second-order valence-electron chi connectivity index (χ2n) is 5.55. The van der Waals surface area contributed by atoms with Crippen molar-refractivity contribution in [1.29, 1.82) is 0 Å². The van der Waals surface area contributed by atoms with Gasteiger partial charge in [0, 0.05) is 27.2 Å². The maximum absolute atomic E-state index is 11.9. The first-order valence-corrected chi connectivity index (χ1v) is 5.98. The molecule has 2 heterocycles. The molecule has 1 aromatic heterocycles. The first kappa shape index (κ1) is 13.0. The highest BCUT2D eigenvalue weighted by atomic mass is 16.3. The first-order chi connectivity index (χ1) is 8.28. The minimum atomic E-state index is -0.829. The third kappa shape index (κ3) is 2.54. The van der Waals surface area contributed by atoms with Gasteiger partial charge in [-0.3, -0.25) is 14.4 Å². The predicted molar refractivity (Wildman–Crippen MR) is 67.2 cm³/mol. The van der Waals surface area contributed by atoms with E-state index in [1.54, 1.807) is 31.8 Å². The molecule has 18 heavy (non-hydrogen) atoms. The molecule has 1 amide bonds. The van der Waals surface area contributed by atoms with Crippen LogP contribution in [0.2, 0.25) is 0 Å². The van der Waals surface area contributed by atoms with Crippen molar-refractivity contribution in [3.63, 3.8) is 0 Å². The number of fused-ring (bicyclic) bond motifs is 1. The summed E-state index contributed by atoms with van der Waals surface area (Å²) in [4.78, 5) is 15.4. The van der Waals surface area contributed by atoms with Crippen molar-refractivity contribution < 1.29 is 9.90 Å². The number of amides is 1. The van der Waals surface area contributed by atoms with Crippen molar-refractivity contribution in [2.75, 3.05) is 27.7 Å². The summed E-state index contributed by atoms with van der Waals surface area (Å²) in [6.07, 6.45) is 0. The Kier molecular flexibility index (Phi) is 3.16. The van der Waals surface area contributed by atoms with E-state index in [0.29, 0.717) is 25.3 Å². The van der Waals surface area contributed by atoms with Gasteiger partial charge in [-0.05, 0) is 20.0 Å². The molecule has 0 radical (unpaired) electrons. The Labute approximate surface area is 107 Å². The first-order valence-electron chi connectivity index (χ1n) is 5.98. The molecular weight excluding hydrogens is 232 g/mol. The third-order valence-corrected chi connectivity index (χ3v) is 3.02. The lowest BCUT2D eigenvalue weighted by atomic mass is 10.1. The maximum Gasteiger partial charge on any atom is 0.273 e. The molecule has 1 aromatic rings. The van der Waals surface area contributed by atoms with Gasteiger partial charge in [-0.25, -0.2) is 0 Å². The molecule has 0 aromatic carbocycles. The van der Waals surface area contributed by atoms with E-state index in [-0.39, 0.29) is 5.91 Å². The van der Waals surface area contributed by atoms with Gasteiger partial charge in [0.05, 0.1) is 17.8 Å². The monoisotopic (exact) mass is 252 g/mol. The van der Waals surface area contributed by atoms with Crippen LogP contribution in [0, 0.1) is 0 Å². The molecule has 1 N–H and O–H groups in total. The number of carbonyl (C=O) groups excluding carboxylic acids is 1. The summed E-state index contributed by atoms with van der Waals surface area (Å²) in [7, 11) is 5.36. The molecule has 1 aliphatic heterocycles. The Balaban J connectivity index is 2.34. The average molecular weight is 252 g/mol. The number of β-amino-alcohol motifs (C(OH)–C–C–N with tert-alkyl or cyclic N) is 1. The van der Waals surface area contributed by atoms with E-state index in [4.69, 9.17) is 0 Å². The lowest BCUT2D eigenvalue weighted by Crippen LogP contribution is -2.39. The summed E-state index contributed by atoms with van der Waals surface area (Å²) < 4.78 is 1.74. The molecule has 2 rings (SSSR count).